The predicted molar refractivity (Wildman–Crippen MR) is 204 cm³/mol. The SMILES string of the molecule is CCCCCCC(CCCC)(COS(=O)(=O)OCC(CCCC)(CCCCCC)N1CCc2ccccc2C1)N1CCc2ccccc2C1. The number of unbranched alkanes of at least 4 members (excludes halogenated alkanes) is 8. The molecule has 276 valence electrons. The maximum Gasteiger partial charge on any atom is 0.399 e. The summed E-state index contributed by atoms with van der Waals surface area (Å²) in [6, 6.07) is 17.5. The normalized spacial score (nSPS) is 18.0. The van der Waals surface area contributed by atoms with E-state index in [0.29, 0.717) is 0 Å². The Balaban J connectivity index is 1.55. The van der Waals surface area contributed by atoms with Gasteiger partial charge in [-0.05, 0) is 60.8 Å². The molecule has 2 aromatic carbocycles. The van der Waals surface area contributed by atoms with E-state index in [4.69, 9.17) is 8.37 Å². The van der Waals surface area contributed by atoms with E-state index in [2.05, 4.69) is 86.0 Å². The first-order valence-electron chi connectivity index (χ1n) is 20.0. The quantitative estimate of drug-likeness (QED) is 0.102. The summed E-state index contributed by atoms with van der Waals surface area (Å²) >= 11 is 0. The number of rotatable bonds is 24. The van der Waals surface area contributed by atoms with Gasteiger partial charge >= 0.3 is 10.4 Å². The number of hydrogen-bond acceptors (Lipinski definition) is 6. The van der Waals surface area contributed by atoms with Crippen LogP contribution in [0.15, 0.2) is 48.5 Å². The summed E-state index contributed by atoms with van der Waals surface area (Å²) in [4.78, 5) is 5.10. The first kappa shape index (κ1) is 40.0. The molecule has 2 unspecified atom stereocenters. The summed E-state index contributed by atoms with van der Waals surface area (Å²) < 4.78 is 39.9. The molecule has 6 nitrogen and oxygen atoms in total. The van der Waals surface area contributed by atoms with Crippen LogP contribution in [0.5, 0.6) is 0 Å². The van der Waals surface area contributed by atoms with E-state index in [1.54, 1.807) is 0 Å². The second-order valence-corrected chi connectivity index (χ2v) is 16.4. The average Bonchev–Trinajstić information content (AvgIpc) is 3.13. The Morgan fingerprint density at radius 1 is 0.531 bits per heavy atom. The van der Waals surface area contributed by atoms with Gasteiger partial charge in [-0.2, -0.15) is 8.42 Å². The molecule has 2 aliphatic heterocycles. The molecule has 0 spiro atoms. The lowest BCUT2D eigenvalue weighted by Gasteiger charge is -2.47. The fraction of sp³-hybridized carbons (Fsp3) is 0.714. The molecule has 0 aromatic heterocycles. The Labute approximate surface area is 300 Å². The highest BCUT2D eigenvalue weighted by atomic mass is 32.3. The Kier molecular flexibility index (Phi) is 16.6. The topological polar surface area (TPSA) is 59.1 Å². The van der Waals surface area contributed by atoms with E-state index in [0.717, 1.165) is 116 Å². The molecule has 0 saturated carbocycles. The smallest absolute Gasteiger partial charge is 0.291 e. The van der Waals surface area contributed by atoms with Crippen molar-refractivity contribution in [1.82, 2.24) is 9.80 Å². The molecule has 4 rings (SSSR count). The van der Waals surface area contributed by atoms with Crippen molar-refractivity contribution in [3.63, 3.8) is 0 Å². The van der Waals surface area contributed by atoms with Crippen LogP contribution in [0.2, 0.25) is 0 Å². The van der Waals surface area contributed by atoms with Crippen LogP contribution >= 0.6 is 0 Å². The number of benzene rings is 2. The van der Waals surface area contributed by atoms with E-state index >= 15 is 0 Å². The van der Waals surface area contributed by atoms with Crippen LogP contribution in [0.1, 0.15) is 153 Å². The Hall–Kier alpha value is -1.77. The highest BCUT2D eigenvalue weighted by Crippen LogP contribution is 2.37. The van der Waals surface area contributed by atoms with E-state index in [-0.39, 0.29) is 24.3 Å². The molecule has 0 saturated heterocycles. The lowest BCUT2D eigenvalue weighted by molar-refractivity contribution is -0.00832. The van der Waals surface area contributed by atoms with E-state index in [9.17, 15) is 8.42 Å². The van der Waals surface area contributed by atoms with Crippen molar-refractivity contribution in [3.05, 3.63) is 70.8 Å². The minimum atomic E-state index is -4.22. The fourth-order valence-corrected chi connectivity index (χ4v) is 9.12. The highest BCUT2D eigenvalue weighted by Gasteiger charge is 2.42. The molecule has 0 fully saturated rings. The van der Waals surface area contributed by atoms with E-state index in [1.807, 2.05) is 0 Å². The van der Waals surface area contributed by atoms with E-state index < -0.39 is 10.4 Å². The predicted octanol–water partition coefficient (Wildman–Crippen LogP) is 10.2. The van der Waals surface area contributed by atoms with Crippen molar-refractivity contribution in [2.45, 2.75) is 167 Å². The molecule has 0 N–H and O–H groups in total. The summed E-state index contributed by atoms with van der Waals surface area (Å²) in [6.45, 7) is 12.8. The van der Waals surface area contributed by atoms with Gasteiger partial charge < -0.3 is 0 Å². The minimum Gasteiger partial charge on any atom is -0.291 e. The van der Waals surface area contributed by atoms with Gasteiger partial charge in [-0.1, -0.05) is 153 Å². The second-order valence-electron chi connectivity index (χ2n) is 15.1. The van der Waals surface area contributed by atoms with Crippen molar-refractivity contribution in [2.24, 2.45) is 0 Å². The standard InChI is InChI=1S/C42H68N2O4S/c1-5-9-13-19-29-41(27-11-7-3,43-31-25-37-21-15-17-23-39(37)33-43)35-47-49(45,46)48-36-42(28-12-8-4,30-20-14-10-6-2)44-32-26-38-22-16-18-24-40(38)34-44/h15-18,21-24H,5-14,19-20,25-36H2,1-4H3. The number of hydrogen-bond donors (Lipinski definition) is 0. The summed E-state index contributed by atoms with van der Waals surface area (Å²) in [5, 5.41) is 0. The maximum absolute atomic E-state index is 13.9. The zero-order chi connectivity index (χ0) is 35.0. The Morgan fingerprint density at radius 2 is 0.898 bits per heavy atom. The van der Waals surface area contributed by atoms with Crippen LogP contribution in [0.3, 0.4) is 0 Å². The molecule has 0 radical (unpaired) electrons. The third-order valence-corrected chi connectivity index (χ3v) is 12.3. The van der Waals surface area contributed by atoms with Crippen molar-refractivity contribution in [3.8, 4) is 0 Å². The minimum absolute atomic E-state index is 0.152. The van der Waals surface area contributed by atoms with Crippen LogP contribution in [-0.2, 0) is 44.7 Å². The molecular weight excluding hydrogens is 629 g/mol. The monoisotopic (exact) mass is 696 g/mol. The van der Waals surface area contributed by atoms with Gasteiger partial charge in [0, 0.05) is 37.3 Å². The van der Waals surface area contributed by atoms with Crippen LogP contribution in [0.4, 0.5) is 0 Å². The molecule has 0 bridgehead atoms. The average molecular weight is 697 g/mol. The zero-order valence-corrected chi connectivity index (χ0v) is 32.3. The molecule has 2 aromatic rings. The third-order valence-electron chi connectivity index (χ3n) is 11.5. The lowest BCUT2D eigenvalue weighted by Crippen LogP contribution is -2.55. The van der Waals surface area contributed by atoms with Gasteiger partial charge in [0.05, 0.1) is 13.2 Å². The first-order chi connectivity index (χ1) is 23.8. The Morgan fingerprint density at radius 3 is 1.29 bits per heavy atom. The lowest BCUT2D eigenvalue weighted by atomic mass is 9.83. The molecule has 0 amide bonds. The zero-order valence-electron chi connectivity index (χ0n) is 31.5. The molecular formula is C42H68N2O4S. The van der Waals surface area contributed by atoms with Crippen molar-refractivity contribution in [2.75, 3.05) is 26.3 Å². The van der Waals surface area contributed by atoms with Crippen molar-refractivity contribution >= 4 is 10.4 Å². The Bertz CT molecular complexity index is 1250. The molecule has 49 heavy (non-hydrogen) atoms. The van der Waals surface area contributed by atoms with Gasteiger partial charge in [0.25, 0.3) is 0 Å². The molecule has 7 heteroatoms. The van der Waals surface area contributed by atoms with Gasteiger partial charge in [-0.3, -0.25) is 9.80 Å². The summed E-state index contributed by atoms with van der Waals surface area (Å²) in [6.07, 6.45) is 19.2. The van der Waals surface area contributed by atoms with Crippen LogP contribution < -0.4 is 0 Å². The molecule has 2 atom stereocenters. The van der Waals surface area contributed by atoms with Crippen LogP contribution in [-0.4, -0.2) is 55.6 Å². The van der Waals surface area contributed by atoms with Gasteiger partial charge in [-0.15, -0.1) is 0 Å². The van der Waals surface area contributed by atoms with Gasteiger partial charge in [0.2, 0.25) is 0 Å². The van der Waals surface area contributed by atoms with Crippen molar-refractivity contribution in [1.29, 1.82) is 0 Å². The molecule has 2 heterocycles. The molecule has 0 aliphatic carbocycles. The summed E-state index contributed by atoms with van der Waals surface area (Å²) in [7, 11) is -4.22. The number of fused-ring (bicyclic) bond motifs is 2. The van der Waals surface area contributed by atoms with Gasteiger partial charge in [0.15, 0.2) is 0 Å². The van der Waals surface area contributed by atoms with Gasteiger partial charge in [-0.25, -0.2) is 8.37 Å². The summed E-state index contributed by atoms with van der Waals surface area (Å²) in [5.41, 5.74) is 4.85. The molecule has 2 aliphatic rings. The maximum atomic E-state index is 13.9. The van der Waals surface area contributed by atoms with E-state index in [1.165, 1.54) is 47.9 Å². The van der Waals surface area contributed by atoms with Crippen LogP contribution in [0, 0.1) is 0 Å². The summed E-state index contributed by atoms with van der Waals surface area (Å²) in [5.74, 6) is 0. The fourth-order valence-electron chi connectivity index (χ4n) is 8.33. The number of nitrogens with zero attached hydrogens (tertiary/aromatic N) is 2. The largest absolute Gasteiger partial charge is 0.399 e. The van der Waals surface area contributed by atoms with Gasteiger partial charge in [0.1, 0.15) is 0 Å². The van der Waals surface area contributed by atoms with Crippen LogP contribution in [0.25, 0.3) is 0 Å². The third kappa shape index (κ3) is 11.6. The second kappa shape index (κ2) is 20.3. The van der Waals surface area contributed by atoms with Crippen molar-refractivity contribution < 1.29 is 16.8 Å². The first-order valence-corrected chi connectivity index (χ1v) is 21.3. The highest BCUT2D eigenvalue weighted by molar-refractivity contribution is 7.81.